The summed E-state index contributed by atoms with van der Waals surface area (Å²) in [4.78, 5) is 17.7. The summed E-state index contributed by atoms with van der Waals surface area (Å²) < 4.78 is 11.8. The van der Waals surface area contributed by atoms with Crippen LogP contribution in [0.25, 0.3) is 0 Å². The van der Waals surface area contributed by atoms with E-state index < -0.39 is 6.10 Å². The van der Waals surface area contributed by atoms with Crippen LogP contribution >= 0.6 is 12.4 Å². The molecule has 1 saturated carbocycles. The van der Waals surface area contributed by atoms with Gasteiger partial charge in [-0.2, -0.15) is 0 Å². The molecule has 1 amide bonds. The minimum atomic E-state index is -0.471. The molecule has 0 bridgehead atoms. The molecule has 2 aromatic rings. The lowest BCUT2D eigenvalue weighted by molar-refractivity contribution is -0.123. The quantitative estimate of drug-likeness (QED) is 0.439. The van der Waals surface area contributed by atoms with Crippen molar-refractivity contribution in [1.82, 2.24) is 10.2 Å². The van der Waals surface area contributed by atoms with Crippen molar-refractivity contribution in [2.24, 2.45) is 5.92 Å². The molecule has 0 radical (unpaired) electrons. The van der Waals surface area contributed by atoms with Crippen LogP contribution in [0.2, 0.25) is 0 Å². The number of aryl methyl sites for hydroxylation is 1. The molecule has 2 N–H and O–H groups in total. The Labute approximate surface area is 240 Å². The number of rotatable bonds is 10. The zero-order valence-corrected chi connectivity index (χ0v) is 24.7. The number of hydrogen-bond acceptors (Lipinski definition) is 6. The monoisotopic (exact) mass is 559 g/mol. The number of carbonyl (C=O) groups excluding carboxylic acids is 1. The number of nitrogens with zero attached hydrogens (tertiary/aromatic N) is 2. The summed E-state index contributed by atoms with van der Waals surface area (Å²) in [6.07, 6.45) is 3.06. The average molecular weight is 560 g/mol. The third kappa shape index (κ3) is 9.19. The summed E-state index contributed by atoms with van der Waals surface area (Å²) in [5, 5.41) is 12.9. The van der Waals surface area contributed by atoms with E-state index in [0.29, 0.717) is 19.3 Å². The van der Waals surface area contributed by atoms with Crippen LogP contribution in [-0.2, 0) is 22.7 Å². The van der Waals surface area contributed by atoms with Crippen molar-refractivity contribution in [3.05, 3.63) is 59.2 Å². The maximum absolute atomic E-state index is 13.3. The number of ether oxygens (including phenoxy) is 2. The molecule has 8 heteroatoms. The van der Waals surface area contributed by atoms with Gasteiger partial charge in [-0.15, -0.1) is 12.4 Å². The van der Waals surface area contributed by atoms with Crippen molar-refractivity contribution in [1.29, 1.82) is 0 Å². The Balaban J connectivity index is 0.00000420. The summed E-state index contributed by atoms with van der Waals surface area (Å²) in [6.45, 7) is 11.0. The Morgan fingerprint density at radius 1 is 1.18 bits per heavy atom. The molecule has 0 spiro atoms. The van der Waals surface area contributed by atoms with Crippen LogP contribution in [0.5, 0.6) is 5.75 Å². The highest BCUT2D eigenvalue weighted by atomic mass is 35.5. The SMILES string of the molecule is Cc1cc(N(C)C(=O)C2CCC(Oc3cccc(COC[C@@H](C)O)c3)CC2)ccc1CN1CCN[C@@H](C)C1.Cl. The largest absolute Gasteiger partial charge is 0.490 e. The molecule has 2 atom stereocenters. The highest BCUT2D eigenvalue weighted by Crippen LogP contribution is 2.31. The number of anilines is 1. The van der Waals surface area contributed by atoms with E-state index in [0.717, 1.165) is 68.9 Å². The molecule has 7 nitrogen and oxygen atoms in total. The van der Waals surface area contributed by atoms with Crippen LogP contribution in [0.4, 0.5) is 5.69 Å². The molecule has 39 heavy (non-hydrogen) atoms. The van der Waals surface area contributed by atoms with Crippen molar-refractivity contribution < 1.29 is 19.4 Å². The molecule has 0 unspecified atom stereocenters. The summed E-state index contributed by atoms with van der Waals surface area (Å²) in [7, 11) is 1.91. The molecular weight excluding hydrogens is 514 g/mol. The fourth-order valence-electron chi connectivity index (χ4n) is 5.54. The Morgan fingerprint density at radius 3 is 2.64 bits per heavy atom. The van der Waals surface area contributed by atoms with Gasteiger partial charge in [-0.1, -0.05) is 18.2 Å². The second kappa shape index (κ2) is 15.0. The lowest BCUT2D eigenvalue weighted by Gasteiger charge is -2.32. The van der Waals surface area contributed by atoms with Crippen molar-refractivity contribution in [3.8, 4) is 5.75 Å². The molecule has 2 fully saturated rings. The molecule has 1 aliphatic carbocycles. The van der Waals surface area contributed by atoms with Crippen LogP contribution in [0.1, 0.15) is 56.2 Å². The van der Waals surface area contributed by atoms with Crippen LogP contribution in [-0.4, -0.2) is 67.5 Å². The zero-order chi connectivity index (χ0) is 27.1. The van der Waals surface area contributed by atoms with Crippen LogP contribution in [0.15, 0.2) is 42.5 Å². The molecule has 1 aliphatic heterocycles. The molecule has 0 aromatic heterocycles. The number of aliphatic hydroxyl groups excluding tert-OH is 1. The average Bonchev–Trinajstić information content (AvgIpc) is 2.89. The number of carbonyl (C=O) groups is 1. The summed E-state index contributed by atoms with van der Waals surface area (Å²) in [6, 6.07) is 14.9. The first-order chi connectivity index (χ1) is 18.3. The second-order valence-corrected chi connectivity index (χ2v) is 11.2. The van der Waals surface area contributed by atoms with Gasteiger partial charge >= 0.3 is 0 Å². The fraction of sp³-hybridized carbons (Fsp3) is 0.581. The summed E-state index contributed by atoms with van der Waals surface area (Å²) in [5.41, 5.74) is 4.57. The Kier molecular flexibility index (Phi) is 12.1. The van der Waals surface area contributed by atoms with E-state index in [2.05, 4.69) is 42.3 Å². The predicted octanol–water partition coefficient (Wildman–Crippen LogP) is 4.71. The van der Waals surface area contributed by atoms with Crippen LogP contribution in [0.3, 0.4) is 0 Å². The van der Waals surface area contributed by atoms with E-state index in [9.17, 15) is 9.90 Å². The number of aliphatic hydroxyl groups is 1. The molecule has 2 aliphatic rings. The van der Waals surface area contributed by atoms with Gasteiger partial charge in [-0.05, 0) is 87.4 Å². The summed E-state index contributed by atoms with van der Waals surface area (Å²) in [5.74, 6) is 1.06. The fourth-order valence-corrected chi connectivity index (χ4v) is 5.54. The Hall–Kier alpha value is -2.16. The summed E-state index contributed by atoms with van der Waals surface area (Å²) >= 11 is 0. The molecule has 1 heterocycles. The molecule has 216 valence electrons. The van der Waals surface area contributed by atoms with Crippen molar-refractivity contribution >= 4 is 24.0 Å². The first kappa shape index (κ1) is 31.4. The van der Waals surface area contributed by atoms with Gasteiger partial charge in [0, 0.05) is 50.9 Å². The van der Waals surface area contributed by atoms with E-state index in [1.54, 1.807) is 6.92 Å². The minimum absolute atomic E-state index is 0. The van der Waals surface area contributed by atoms with Crippen molar-refractivity contribution in [3.63, 3.8) is 0 Å². The number of nitrogens with one attached hydrogen (secondary N) is 1. The van der Waals surface area contributed by atoms with Crippen LogP contribution in [0, 0.1) is 12.8 Å². The van der Waals surface area contributed by atoms with Crippen LogP contribution < -0.4 is 15.0 Å². The first-order valence-electron chi connectivity index (χ1n) is 14.1. The molecule has 1 saturated heterocycles. The van der Waals surface area contributed by atoms with E-state index in [1.807, 2.05) is 36.2 Å². The molecular formula is C31H46ClN3O4. The topological polar surface area (TPSA) is 74.3 Å². The van der Waals surface area contributed by atoms with Gasteiger partial charge in [0.15, 0.2) is 0 Å². The lowest BCUT2D eigenvalue weighted by atomic mass is 9.86. The third-order valence-corrected chi connectivity index (χ3v) is 7.74. The zero-order valence-electron chi connectivity index (χ0n) is 23.9. The normalized spacial score (nSPS) is 22.5. The van der Waals surface area contributed by atoms with Gasteiger partial charge in [0.2, 0.25) is 5.91 Å². The molecule has 2 aromatic carbocycles. The van der Waals surface area contributed by atoms with E-state index in [4.69, 9.17) is 9.47 Å². The van der Waals surface area contributed by atoms with Gasteiger partial charge in [-0.3, -0.25) is 9.69 Å². The maximum atomic E-state index is 13.3. The smallest absolute Gasteiger partial charge is 0.229 e. The van der Waals surface area contributed by atoms with Gasteiger partial charge in [0.1, 0.15) is 5.75 Å². The number of amides is 1. The molecule has 4 rings (SSSR count). The van der Waals surface area contributed by atoms with Gasteiger partial charge in [0.25, 0.3) is 0 Å². The van der Waals surface area contributed by atoms with Gasteiger partial charge in [-0.25, -0.2) is 0 Å². The maximum Gasteiger partial charge on any atom is 0.229 e. The number of piperazine rings is 1. The van der Waals surface area contributed by atoms with Gasteiger partial charge < -0.3 is 24.8 Å². The lowest BCUT2D eigenvalue weighted by Crippen LogP contribution is -2.48. The van der Waals surface area contributed by atoms with E-state index >= 15 is 0 Å². The standard InChI is InChI=1S/C31H45N3O4.ClH/c1-22-16-28(11-8-27(22)19-34-15-14-32-23(2)18-34)33(4)31(36)26-9-12-29(13-10-26)38-30-7-5-6-25(17-30)21-37-20-24(3)35;/h5-8,11,16-17,23-24,26,29,32,35H,9-10,12-15,18-21H2,1-4H3;1H/t23-,24+,26?,29?;/m0./s1. The Bertz CT molecular complexity index is 1060. The number of hydrogen-bond donors (Lipinski definition) is 2. The number of halogens is 1. The Morgan fingerprint density at radius 2 is 1.95 bits per heavy atom. The second-order valence-electron chi connectivity index (χ2n) is 11.2. The van der Waals surface area contributed by atoms with Crippen molar-refractivity contribution in [2.75, 3.05) is 38.2 Å². The van der Waals surface area contributed by atoms with E-state index in [1.165, 1.54) is 11.1 Å². The minimum Gasteiger partial charge on any atom is -0.490 e. The highest BCUT2D eigenvalue weighted by Gasteiger charge is 2.30. The third-order valence-electron chi connectivity index (χ3n) is 7.74. The predicted molar refractivity (Wildman–Crippen MR) is 159 cm³/mol. The van der Waals surface area contributed by atoms with E-state index in [-0.39, 0.29) is 30.3 Å². The highest BCUT2D eigenvalue weighted by molar-refractivity contribution is 5.94. The first-order valence-corrected chi connectivity index (χ1v) is 14.1. The van der Waals surface area contributed by atoms with Crippen molar-refractivity contribution in [2.45, 2.75) is 77.9 Å². The number of benzene rings is 2. The van der Waals surface area contributed by atoms with Gasteiger partial charge in [0.05, 0.1) is 25.4 Å².